The van der Waals surface area contributed by atoms with Crippen molar-refractivity contribution in [1.82, 2.24) is 4.90 Å². The van der Waals surface area contributed by atoms with Crippen LogP contribution in [0.1, 0.15) is 25.7 Å². The van der Waals surface area contributed by atoms with Crippen molar-refractivity contribution in [3.63, 3.8) is 0 Å². The molecule has 4 nitrogen and oxygen atoms in total. The van der Waals surface area contributed by atoms with Gasteiger partial charge in [-0.25, -0.2) is 4.99 Å². The van der Waals surface area contributed by atoms with Crippen molar-refractivity contribution in [2.45, 2.75) is 37.4 Å². The van der Waals surface area contributed by atoms with Crippen LogP contribution in [0, 0.1) is 0 Å². The Morgan fingerprint density at radius 2 is 2.00 bits per heavy atom. The molecule has 1 atom stereocenters. The molecule has 1 fully saturated rings. The van der Waals surface area contributed by atoms with Crippen LogP contribution in [0.2, 0.25) is 0 Å². The summed E-state index contributed by atoms with van der Waals surface area (Å²) < 4.78 is 0. The molecule has 2 N–H and O–H groups in total. The topological polar surface area (TPSA) is 54.0 Å². The fraction of sp³-hybridized carbons (Fsp3) is 0.750. The number of guanidine groups is 1. The summed E-state index contributed by atoms with van der Waals surface area (Å²) in [6, 6.07) is 0.370. The lowest BCUT2D eigenvalue weighted by Gasteiger charge is -2.33. The van der Waals surface area contributed by atoms with Crippen LogP contribution in [0.5, 0.6) is 0 Å². The largest absolute Gasteiger partial charge is 0.369 e. The van der Waals surface area contributed by atoms with Crippen LogP contribution in [-0.4, -0.2) is 27.8 Å². The van der Waals surface area contributed by atoms with Crippen molar-refractivity contribution in [1.29, 1.82) is 0 Å². The number of hydrogen-bond donors (Lipinski definition) is 1. The number of rotatable bonds is 1. The Bertz CT molecular complexity index is 283. The van der Waals surface area contributed by atoms with Gasteiger partial charge in [0.05, 0.1) is 0 Å². The summed E-state index contributed by atoms with van der Waals surface area (Å²) in [5.74, 6) is 0.386. The Morgan fingerprint density at radius 1 is 1.36 bits per heavy atom. The van der Waals surface area contributed by atoms with Gasteiger partial charge in [0.1, 0.15) is 0 Å². The van der Waals surface area contributed by atoms with Gasteiger partial charge in [0.25, 0.3) is 0 Å². The summed E-state index contributed by atoms with van der Waals surface area (Å²) in [5, 5.41) is 0.136. The lowest BCUT2D eigenvalue weighted by Crippen LogP contribution is -2.49. The second-order valence-corrected chi connectivity index (χ2v) is 4.25. The number of nitrogens with two attached hydrogens (primary N) is 1. The number of alkyl halides is 1. The summed E-state index contributed by atoms with van der Waals surface area (Å²) in [7, 11) is 0. The van der Waals surface area contributed by atoms with Crippen molar-refractivity contribution in [2.75, 3.05) is 0 Å². The van der Waals surface area contributed by atoms with Gasteiger partial charge in [-0.2, -0.15) is 4.99 Å². The highest BCUT2D eigenvalue weighted by atomic mass is 35.5. The summed E-state index contributed by atoms with van der Waals surface area (Å²) in [6.07, 6.45) is 4.64. The average molecular weight is 235 g/mol. The van der Waals surface area contributed by atoms with E-state index in [-0.39, 0.29) is 5.29 Å². The minimum Gasteiger partial charge on any atom is -0.369 e. The highest BCUT2D eigenvalue weighted by Gasteiger charge is 2.31. The van der Waals surface area contributed by atoms with Gasteiger partial charge >= 0.3 is 0 Å². The maximum Gasteiger partial charge on any atom is 0.224 e. The van der Waals surface area contributed by atoms with Gasteiger partial charge < -0.3 is 10.6 Å². The Labute approximate surface area is 92.8 Å². The van der Waals surface area contributed by atoms with Gasteiger partial charge in [-0.15, -0.1) is 0 Å². The van der Waals surface area contributed by atoms with E-state index in [4.69, 9.17) is 28.9 Å². The zero-order valence-electron chi connectivity index (χ0n) is 7.66. The van der Waals surface area contributed by atoms with Crippen molar-refractivity contribution < 1.29 is 0 Å². The molecular weight excluding hydrogens is 223 g/mol. The molecule has 1 aliphatic heterocycles. The highest BCUT2D eigenvalue weighted by molar-refractivity contribution is 6.66. The molecule has 6 heteroatoms. The Hall–Kier alpha value is -0.480. The number of hydrogen-bond acceptors (Lipinski definition) is 4. The van der Waals surface area contributed by atoms with Crippen LogP contribution in [-0.2, 0) is 0 Å². The summed E-state index contributed by atoms with van der Waals surface area (Å²) >= 11 is 11.7. The van der Waals surface area contributed by atoms with Crippen LogP contribution in [0.25, 0.3) is 0 Å². The van der Waals surface area contributed by atoms with Crippen LogP contribution < -0.4 is 5.73 Å². The fourth-order valence-electron chi connectivity index (χ4n) is 1.98. The SMILES string of the molecule is NC1=NC(Cl)=NC(Cl)N1C1CCCC1. The van der Waals surface area contributed by atoms with E-state index in [9.17, 15) is 0 Å². The standard InChI is InChI=1S/C8H12Cl2N4/c9-6-12-7(10)14(8(11)13-6)5-3-1-2-4-5/h5,7H,1-4H2,(H2,11,12,13). The number of halogens is 2. The van der Waals surface area contributed by atoms with Gasteiger partial charge in [-0.1, -0.05) is 24.4 Å². The first kappa shape index (κ1) is 10.1. The zero-order valence-corrected chi connectivity index (χ0v) is 9.17. The predicted molar refractivity (Wildman–Crippen MR) is 58.6 cm³/mol. The molecule has 0 radical (unpaired) electrons. The van der Waals surface area contributed by atoms with E-state index in [1.54, 1.807) is 0 Å². The Morgan fingerprint density at radius 3 is 2.57 bits per heavy atom. The molecule has 1 saturated carbocycles. The van der Waals surface area contributed by atoms with Crippen LogP contribution >= 0.6 is 23.2 Å². The van der Waals surface area contributed by atoms with E-state index in [1.807, 2.05) is 4.90 Å². The van der Waals surface area contributed by atoms with Crippen molar-refractivity contribution in [3.8, 4) is 0 Å². The Kier molecular flexibility index (Phi) is 2.83. The molecule has 2 rings (SSSR count). The molecule has 14 heavy (non-hydrogen) atoms. The van der Waals surface area contributed by atoms with Gasteiger partial charge in [-0.3, -0.25) is 0 Å². The predicted octanol–water partition coefficient (Wildman–Crippen LogP) is 1.68. The monoisotopic (exact) mass is 234 g/mol. The van der Waals surface area contributed by atoms with Gasteiger partial charge in [-0.05, 0) is 24.4 Å². The quantitative estimate of drug-likeness (QED) is 0.555. The second kappa shape index (κ2) is 3.95. The van der Waals surface area contributed by atoms with E-state index in [1.165, 1.54) is 12.8 Å². The lowest BCUT2D eigenvalue weighted by atomic mass is 10.2. The first-order valence-electron chi connectivity index (χ1n) is 4.68. The molecule has 0 aromatic heterocycles. The van der Waals surface area contributed by atoms with Crippen LogP contribution in [0.3, 0.4) is 0 Å². The molecule has 0 bridgehead atoms. The molecule has 0 spiro atoms. The van der Waals surface area contributed by atoms with Crippen LogP contribution in [0.15, 0.2) is 9.98 Å². The molecule has 0 saturated heterocycles. The summed E-state index contributed by atoms with van der Waals surface area (Å²) in [5.41, 5.74) is 5.27. The van der Waals surface area contributed by atoms with Crippen molar-refractivity contribution >= 4 is 34.5 Å². The van der Waals surface area contributed by atoms with E-state index < -0.39 is 5.62 Å². The highest BCUT2D eigenvalue weighted by Crippen LogP contribution is 2.27. The molecule has 1 unspecified atom stereocenters. The van der Waals surface area contributed by atoms with Crippen LogP contribution in [0.4, 0.5) is 0 Å². The molecule has 0 aromatic carbocycles. The summed E-state index contributed by atoms with van der Waals surface area (Å²) in [4.78, 5) is 9.72. The van der Waals surface area contributed by atoms with E-state index >= 15 is 0 Å². The Balaban J connectivity index is 2.15. The number of nitrogens with zero attached hydrogens (tertiary/aromatic N) is 3. The normalized spacial score (nSPS) is 29.0. The minimum absolute atomic E-state index is 0.136. The smallest absolute Gasteiger partial charge is 0.224 e. The van der Waals surface area contributed by atoms with Gasteiger partial charge in [0, 0.05) is 6.04 Å². The maximum absolute atomic E-state index is 6.05. The average Bonchev–Trinajstić information content (AvgIpc) is 2.54. The third-order valence-corrected chi connectivity index (χ3v) is 3.12. The summed E-state index contributed by atoms with van der Waals surface area (Å²) in [6.45, 7) is 0. The van der Waals surface area contributed by atoms with E-state index in [2.05, 4.69) is 9.98 Å². The lowest BCUT2D eigenvalue weighted by molar-refractivity contribution is 0.292. The molecular formula is C8H12Cl2N4. The molecule has 0 amide bonds. The zero-order chi connectivity index (χ0) is 10.1. The van der Waals surface area contributed by atoms with Gasteiger partial charge in [0.15, 0.2) is 0 Å². The molecule has 0 aromatic rings. The number of amidine groups is 1. The van der Waals surface area contributed by atoms with Gasteiger partial charge in [0.2, 0.25) is 16.9 Å². The third-order valence-electron chi connectivity index (χ3n) is 2.63. The minimum atomic E-state index is -0.497. The first-order chi connectivity index (χ1) is 6.68. The molecule has 1 heterocycles. The second-order valence-electron chi connectivity index (χ2n) is 3.52. The maximum atomic E-state index is 6.05. The molecule has 1 aliphatic carbocycles. The van der Waals surface area contributed by atoms with E-state index in [0.717, 1.165) is 12.8 Å². The first-order valence-corrected chi connectivity index (χ1v) is 5.50. The third kappa shape index (κ3) is 1.81. The number of aliphatic imine (C=N–C) groups is 2. The van der Waals surface area contributed by atoms with Crippen molar-refractivity contribution in [3.05, 3.63) is 0 Å². The fourth-order valence-corrected chi connectivity index (χ4v) is 2.56. The van der Waals surface area contributed by atoms with E-state index in [0.29, 0.717) is 12.0 Å². The molecule has 78 valence electrons. The molecule has 2 aliphatic rings. The van der Waals surface area contributed by atoms with Crippen molar-refractivity contribution in [2.24, 2.45) is 15.7 Å².